The SMILES string of the molecule is COc1ccc(S(=O)(=O)[C@@H](CN)c2cccc(C(F)(F)F)c2)cc1. The maximum atomic E-state index is 12.8. The zero-order valence-electron chi connectivity index (χ0n) is 12.7. The Bertz CT molecular complexity index is 802. The molecule has 0 aromatic heterocycles. The lowest BCUT2D eigenvalue weighted by molar-refractivity contribution is -0.137. The van der Waals surface area contributed by atoms with Crippen LogP contribution in [0, 0.1) is 0 Å². The van der Waals surface area contributed by atoms with Crippen LogP contribution in [0.1, 0.15) is 16.4 Å². The molecule has 8 heteroatoms. The molecule has 0 amide bonds. The number of hydrogen-bond donors (Lipinski definition) is 1. The Hall–Kier alpha value is -2.06. The highest BCUT2D eigenvalue weighted by molar-refractivity contribution is 7.91. The third-order valence-electron chi connectivity index (χ3n) is 3.56. The van der Waals surface area contributed by atoms with Gasteiger partial charge in [-0.3, -0.25) is 0 Å². The molecule has 0 aliphatic heterocycles. The van der Waals surface area contributed by atoms with E-state index in [1.165, 1.54) is 43.5 Å². The van der Waals surface area contributed by atoms with Crippen LogP contribution in [0.4, 0.5) is 13.2 Å². The number of halogens is 3. The zero-order valence-corrected chi connectivity index (χ0v) is 13.6. The van der Waals surface area contributed by atoms with Gasteiger partial charge in [-0.1, -0.05) is 18.2 Å². The lowest BCUT2D eigenvalue weighted by atomic mass is 10.1. The van der Waals surface area contributed by atoms with E-state index < -0.39 is 26.8 Å². The van der Waals surface area contributed by atoms with Gasteiger partial charge in [0.05, 0.1) is 17.6 Å². The zero-order chi connectivity index (χ0) is 18.0. The molecule has 2 N–H and O–H groups in total. The van der Waals surface area contributed by atoms with Crippen molar-refractivity contribution in [2.24, 2.45) is 5.73 Å². The number of hydrogen-bond acceptors (Lipinski definition) is 4. The summed E-state index contributed by atoms with van der Waals surface area (Å²) in [4.78, 5) is -0.0313. The van der Waals surface area contributed by atoms with Crippen molar-refractivity contribution < 1.29 is 26.3 Å². The van der Waals surface area contributed by atoms with Gasteiger partial charge in [-0.05, 0) is 35.9 Å². The second-order valence-corrected chi connectivity index (χ2v) is 7.20. The van der Waals surface area contributed by atoms with E-state index in [1.807, 2.05) is 0 Å². The van der Waals surface area contributed by atoms with Crippen LogP contribution < -0.4 is 10.5 Å². The van der Waals surface area contributed by atoms with Crippen LogP contribution >= 0.6 is 0 Å². The van der Waals surface area contributed by atoms with Crippen molar-refractivity contribution in [3.63, 3.8) is 0 Å². The molecule has 130 valence electrons. The minimum absolute atomic E-state index is 0.00291. The van der Waals surface area contributed by atoms with Gasteiger partial charge in [-0.2, -0.15) is 13.2 Å². The van der Waals surface area contributed by atoms with Crippen molar-refractivity contribution in [3.05, 3.63) is 59.7 Å². The summed E-state index contributed by atoms with van der Waals surface area (Å²) in [6.07, 6.45) is -4.56. The van der Waals surface area contributed by atoms with Crippen LogP contribution in [0.2, 0.25) is 0 Å². The van der Waals surface area contributed by atoms with Crippen molar-refractivity contribution in [3.8, 4) is 5.75 Å². The van der Waals surface area contributed by atoms with Gasteiger partial charge in [0.2, 0.25) is 0 Å². The van der Waals surface area contributed by atoms with Crippen LogP contribution in [0.15, 0.2) is 53.4 Å². The maximum Gasteiger partial charge on any atom is 0.416 e. The summed E-state index contributed by atoms with van der Waals surface area (Å²) in [5.74, 6) is 0.470. The number of ether oxygens (including phenoxy) is 1. The Labute approximate surface area is 138 Å². The maximum absolute atomic E-state index is 12.8. The topological polar surface area (TPSA) is 69.4 Å². The lowest BCUT2D eigenvalue weighted by Gasteiger charge is -2.18. The Balaban J connectivity index is 2.46. The van der Waals surface area contributed by atoms with Gasteiger partial charge in [0.25, 0.3) is 0 Å². The number of methoxy groups -OCH3 is 1. The third kappa shape index (κ3) is 3.70. The molecular formula is C16H16F3NO3S. The quantitative estimate of drug-likeness (QED) is 0.890. The van der Waals surface area contributed by atoms with Crippen LogP contribution in [-0.2, 0) is 16.0 Å². The monoisotopic (exact) mass is 359 g/mol. The van der Waals surface area contributed by atoms with Gasteiger partial charge in [0.1, 0.15) is 11.0 Å². The Kier molecular flexibility index (Phi) is 5.19. The molecule has 2 aromatic carbocycles. The molecule has 0 bridgehead atoms. The summed E-state index contributed by atoms with van der Waals surface area (Å²) < 4.78 is 68.9. The second kappa shape index (κ2) is 6.82. The summed E-state index contributed by atoms with van der Waals surface area (Å²) in [7, 11) is -2.50. The molecule has 0 fully saturated rings. The molecule has 0 saturated heterocycles. The van der Waals surface area contributed by atoms with E-state index in [9.17, 15) is 21.6 Å². The fourth-order valence-corrected chi connectivity index (χ4v) is 3.89. The van der Waals surface area contributed by atoms with Crippen LogP contribution in [0.5, 0.6) is 5.75 Å². The van der Waals surface area contributed by atoms with Gasteiger partial charge >= 0.3 is 6.18 Å². The summed E-state index contributed by atoms with van der Waals surface area (Å²) in [5.41, 5.74) is 4.65. The number of sulfone groups is 1. The predicted molar refractivity (Wildman–Crippen MR) is 83.4 cm³/mol. The number of rotatable bonds is 5. The highest BCUT2D eigenvalue weighted by Gasteiger charge is 2.33. The molecule has 2 aromatic rings. The number of alkyl halides is 3. The summed E-state index contributed by atoms with van der Waals surface area (Å²) in [6.45, 7) is -0.338. The highest BCUT2D eigenvalue weighted by Crippen LogP contribution is 2.34. The third-order valence-corrected chi connectivity index (χ3v) is 5.71. The molecule has 24 heavy (non-hydrogen) atoms. The van der Waals surface area contributed by atoms with Crippen LogP contribution in [0.25, 0.3) is 0 Å². The summed E-state index contributed by atoms with van der Waals surface area (Å²) in [5, 5.41) is -1.27. The van der Waals surface area contributed by atoms with E-state index in [0.29, 0.717) is 5.75 Å². The molecule has 2 rings (SSSR count). The van der Waals surface area contributed by atoms with E-state index in [0.717, 1.165) is 12.1 Å². The van der Waals surface area contributed by atoms with Crippen LogP contribution in [0.3, 0.4) is 0 Å². The van der Waals surface area contributed by atoms with Crippen LogP contribution in [-0.4, -0.2) is 22.1 Å². The normalized spacial score (nSPS) is 13.5. The van der Waals surface area contributed by atoms with Crippen molar-refractivity contribution in [2.45, 2.75) is 16.3 Å². The fourth-order valence-electron chi connectivity index (χ4n) is 2.29. The van der Waals surface area contributed by atoms with Gasteiger partial charge in [-0.15, -0.1) is 0 Å². The first-order valence-electron chi connectivity index (χ1n) is 6.95. The van der Waals surface area contributed by atoms with E-state index in [1.54, 1.807) is 0 Å². The Morgan fingerprint density at radius 1 is 1.12 bits per heavy atom. The van der Waals surface area contributed by atoms with E-state index >= 15 is 0 Å². The number of benzene rings is 2. The molecule has 0 aliphatic carbocycles. The van der Waals surface area contributed by atoms with E-state index in [2.05, 4.69) is 0 Å². The van der Waals surface area contributed by atoms with Gasteiger partial charge in [-0.25, -0.2) is 8.42 Å². The van der Waals surface area contributed by atoms with Gasteiger partial charge in [0.15, 0.2) is 9.84 Å². The number of nitrogens with two attached hydrogens (primary N) is 1. The van der Waals surface area contributed by atoms with Crippen molar-refractivity contribution in [1.82, 2.24) is 0 Å². The van der Waals surface area contributed by atoms with Crippen molar-refractivity contribution in [2.75, 3.05) is 13.7 Å². The first-order chi connectivity index (χ1) is 11.2. The molecule has 0 heterocycles. The smallest absolute Gasteiger partial charge is 0.416 e. The van der Waals surface area contributed by atoms with Crippen molar-refractivity contribution in [1.29, 1.82) is 0 Å². The Morgan fingerprint density at radius 3 is 2.25 bits per heavy atom. The summed E-state index contributed by atoms with van der Waals surface area (Å²) in [6, 6.07) is 9.81. The molecule has 1 atom stereocenters. The van der Waals surface area contributed by atoms with Gasteiger partial charge in [0, 0.05) is 6.54 Å². The average molecular weight is 359 g/mol. The minimum atomic E-state index is -4.56. The molecule has 0 radical (unpaired) electrons. The molecular weight excluding hydrogens is 343 g/mol. The fraction of sp³-hybridized carbons (Fsp3) is 0.250. The lowest BCUT2D eigenvalue weighted by Crippen LogP contribution is -2.22. The molecule has 0 spiro atoms. The second-order valence-electron chi connectivity index (χ2n) is 5.07. The highest BCUT2D eigenvalue weighted by atomic mass is 32.2. The van der Waals surface area contributed by atoms with E-state index in [4.69, 9.17) is 10.5 Å². The minimum Gasteiger partial charge on any atom is -0.497 e. The van der Waals surface area contributed by atoms with E-state index in [-0.39, 0.29) is 17.0 Å². The first-order valence-corrected chi connectivity index (χ1v) is 8.50. The first kappa shape index (κ1) is 18.3. The average Bonchev–Trinajstić information content (AvgIpc) is 2.55. The summed E-state index contributed by atoms with van der Waals surface area (Å²) >= 11 is 0. The molecule has 0 saturated carbocycles. The molecule has 0 aliphatic rings. The standard InChI is InChI=1S/C16H16F3NO3S/c1-23-13-5-7-14(8-6-13)24(21,22)15(10-20)11-3-2-4-12(9-11)16(17,18)19/h2-9,15H,10,20H2,1H3/t15-/m0/s1. The van der Waals surface area contributed by atoms with Gasteiger partial charge < -0.3 is 10.5 Å². The predicted octanol–water partition coefficient (Wildman–Crippen LogP) is 3.19. The molecule has 4 nitrogen and oxygen atoms in total. The van der Waals surface area contributed by atoms with Crippen molar-refractivity contribution >= 4 is 9.84 Å². The largest absolute Gasteiger partial charge is 0.497 e. The Morgan fingerprint density at radius 2 is 1.75 bits per heavy atom. The molecule has 0 unspecified atom stereocenters.